The molecule has 0 N–H and O–H groups in total. The Morgan fingerprint density at radius 3 is 2.37 bits per heavy atom. The molecule has 0 aromatic heterocycles. The second-order valence-corrected chi connectivity index (χ2v) is 8.80. The van der Waals surface area contributed by atoms with Crippen molar-refractivity contribution in [1.82, 2.24) is 4.31 Å². The molecule has 1 aliphatic rings. The number of ether oxygens (including phenoxy) is 1. The van der Waals surface area contributed by atoms with E-state index in [1.807, 2.05) is 12.1 Å². The summed E-state index contributed by atoms with van der Waals surface area (Å²) in [6.07, 6.45) is 4.33. The van der Waals surface area contributed by atoms with E-state index in [1.54, 1.807) is 25.3 Å². The molecule has 6 heteroatoms. The summed E-state index contributed by atoms with van der Waals surface area (Å²) >= 11 is 0. The van der Waals surface area contributed by atoms with Gasteiger partial charge >= 0.3 is 0 Å². The summed E-state index contributed by atoms with van der Waals surface area (Å²) in [4.78, 5) is 11.3. The Bertz CT molecular complexity index is 869. The molecule has 144 valence electrons. The lowest BCUT2D eigenvalue weighted by Gasteiger charge is -2.31. The molecule has 0 amide bonds. The van der Waals surface area contributed by atoms with Gasteiger partial charge in [-0.2, -0.15) is 4.31 Å². The normalized spacial score (nSPS) is 16.2. The molecule has 2 aromatic rings. The lowest BCUT2D eigenvalue weighted by Crippen LogP contribution is -2.38. The highest BCUT2D eigenvalue weighted by Gasteiger charge is 2.30. The number of piperidine rings is 1. The van der Waals surface area contributed by atoms with E-state index in [2.05, 4.69) is 12.1 Å². The monoisotopic (exact) mass is 387 g/mol. The molecule has 2 aromatic carbocycles. The maximum absolute atomic E-state index is 12.9. The molecule has 3 rings (SSSR count). The maximum atomic E-state index is 12.9. The second kappa shape index (κ2) is 8.67. The van der Waals surface area contributed by atoms with Gasteiger partial charge in [-0.25, -0.2) is 8.42 Å². The van der Waals surface area contributed by atoms with Crippen molar-refractivity contribution in [3.05, 3.63) is 59.7 Å². The van der Waals surface area contributed by atoms with Gasteiger partial charge in [0.1, 0.15) is 5.75 Å². The van der Waals surface area contributed by atoms with Crippen molar-refractivity contribution < 1.29 is 17.9 Å². The smallest absolute Gasteiger partial charge is 0.243 e. The van der Waals surface area contributed by atoms with Crippen LogP contribution < -0.4 is 4.74 Å². The van der Waals surface area contributed by atoms with Crippen LogP contribution in [0.4, 0.5) is 0 Å². The maximum Gasteiger partial charge on any atom is 0.243 e. The summed E-state index contributed by atoms with van der Waals surface area (Å²) in [7, 11) is -1.96. The summed E-state index contributed by atoms with van der Waals surface area (Å²) in [6, 6.07) is 14.5. The van der Waals surface area contributed by atoms with E-state index < -0.39 is 10.0 Å². The molecule has 0 aliphatic carbocycles. The minimum atomic E-state index is -3.61. The number of carbonyl (C=O) groups excluding carboxylic acids is 1. The van der Waals surface area contributed by atoms with Crippen molar-refractivity contribution in [3.63, 3.8) is 0 Å². The molecule has 27 heavy (non-hydrogen) atoms. The van der Waals surface area contributed by atoms with Gasteiger partial charge in [-0.1, -0.05) is 30.3 Å². The van der Waals surface area contributed by atoms with Gasteiger partial charge in [-0.05, 0) is 55.4 Å². The highest BCUT2D eigenvalue weighted by atomic mass is 32.2. The fraction of sp³-hybridized carbons (Fsp3) is 0.381. The number of hydrogen-bond donors (Lipinski definition) is 0. The van der Waals surface area contributed by atoms with Crippen LogP contribution in [-0.2, 0) is 16.4 Å². The first-order valence-corrected chi connectivity index (χ1v) is 10.7. The van der Waals surface area contributed by atoms with Crippen LogP contribution in [0.5, 0.6) is 5.75 Å². The van der Waals surface area contributed by atoms with E-state index in [4.69, 9.17) is 4.74 Å². The van der Waals surface area contributed by atoms with Crippen LogP contribution in [0.25, 0.3) is 0 Å². The molecule has 5 nitrogen and oxygen atoms in total. The Balaban J connectivity index is 1.57. The third-order valence-corrected chi connectivity index (χ3v) is 7.21. The van der Waals surface area contributed by atoms with Gasteiger partial charge in [0.05, 0.1) is 12.0 Å². The molecule has 1 heterocycles. The lowest BCUT2D eigenvalue weighted by atomic mass is 9.91. The molecule has 1 aliphatic heterocycles. The van der Waals surface area contributed by atoms with Crippen LogP contribution in [0, 0.1) is 5.92 Å². The Morgan fingerprint density at radius 2 is 1.74 bits per heavy atom. The van der Waals surface area contributed by atoms with Gasteiger partial charge in [0, 0.05) is 18.7 Å². The number of methoxy groups -OCH3 is 1. The summed E-state index contributed by atoms with van der Waals surface area (Å²) in [5.41, 5.74) is 1.49. The van der Waals surface area contributed by atoms with Crippen molar-refractivity contribution in [2.75, 3.05) is 20.2 Å². The van der Waals surface area contributed by atoms with Gasteiger partial charge in [-0.15, -0.1) is 0 Å². The molecule has 1 fully saturated rings. The number of benzene rings is 2. The van der Waals surface area contributed by atoms with Crippen LogP contribution in [-0.4, -0.2) is 39.2 Å². The summed E-state index contributed by atoms with van der Waals surface area (Å²) in [5.74, 6) is 1.37. The van der Waals surface area contributed by atoms with E-state index in [1.165, 1.54) is 15.9 Å². The highest BCUT2D eigenvalue weighted by molar-refractivity contribution is 7.89. The molecule has 0 spiro atoms. The van der Waals surface area contributed by atoms with E-state index >= 15 is 0 Å². The summed E-state index contributed by atoms with van der Waals surface area (Å²) < 4.78 is 32.4. The standard InChI is InChI=1S/C21H25NO4S/c1-26-20-10-8-17(9-11-20)6-7-18-12-14-22(15-13-18)27(24,25)21-5-3-2-4-19(21)16-23/h2-5,8-11,16,18H,6-7,12-15H2,1H3. The molecule has 0 atom stereocenters. The molecule has 0 radical (unpaired) electrons. The summed E-state index contributed by atoms with van der Waals surface area (Å²) in [5, 5.41) is 0. The van der Waals surface area contributed by atoms with Crippen LogP contribution in [0.1, 0.15) is 35.2 Å². The van der Waals surface area contributed by atoms with Gasteiger partial charge in [0.2, 0.25) is 10.0 Å². The number of aryl methyl sites for hydroxylation is 1. The Kier molecular flexibility index (Phi) is 6.29. The third-order valence-electron chi connectivity index (χ3n) is 5.24. The number of carbonyl (C=O) groups is 1. The van der Waals surface area contributed by atoms with Crippen molar-refractivity contribution in [3.8, 4) is 5.75 Å². The number of aldehydes is 1. The van der Waals surface area contributed by atoms with Gasteiger partial charge in [0.25, 0.3) is 0 Å². The first kappa shape index (κ1) is 19.6. The van der Waals surface area contributed by atoms with Gasteiger partial charge < -0.3 is 4.74 Å². The van der Waals surface area contributed by atoms with Crippen molar-refractivity contribution in [2.45, 2.75) is 30.6 Å². The zero-order chi connectivity index (χ0) is 19.3. The largest absolute Gasteiger partial charge is 0.497 e. The van der Waals surface area contributed by atoms with E-state index in [9.17, 15) is 13.2 Å². The van der Waals surface area contributed by atoms with Crippen LogP contribution in [0.2, 0.25) is 0 Å². The SMILES string of the molecule is COc1ccc(CCC2CCN(S(=O)(=O)c3ccccc3C=O)CC2)cc1. The van der Waals surface area contributed by atoms with Gasteiger partial charge in [0.15, 0.2) is 6.29 Å². The predicted molar refractivity (Wildman–Crippen MR) is 105 cm³/mol. The molecular weight excluding hydrogens is 362 g/mol. The number of rotatable bonds is 7. The van der Waals surface area contributed by atoms with Crippen molar-refractivity contribution in [2.24, 2.45) is 5.92 Å². The molecule has 0 saturated carbocycles. The Morgan fingerprint density at radius 1 is 1.07 bits per heavy atom. The van der Waals surface area contributed by atoms with E-state index in [-0.39, 0.29) is 10.5 Å². The van der Waals surface area contributed by atoms with Crippen molar-refractivity contribution >= 4 is 16.3 Å². The molecular formula is C21H25NO4S. The first-order valence-electron chi connectivity index (χ1n) is 9.22. The number of nitrogens with zero attached hydrogens (tertiary/aromatic N) is 1. The van der Waals surface area contributed by atoms with E-state index in [0.29, 0.717) is 25.3 Å². The molecule has 1 saturated heterocycles. The first-order chi connectivity index (χ1) is 13.0. The zero-order valence-electron chi connectivity index (χ0n) is 15.5. The average molecular weight is 388 g/mol. The van der Waals surface area contributed by atoms with Crippen LogP contribution >= 0.6 is 0 Å². The topological polar surface area (TPSA) is 63.7 Å². The average Bonchev–Trinajstić information content (AvgIpc) is 2.73. The Labute approximate surface area is 161 Å². The minimum Gasteiger partial charge on any atom is -0.497 e. The fourth-order valence-electron chi connectivity index (χ4n) is 3.55. The van der Waals surface area contributed by atoms with Crippen LogP contribution in [0.15, 0.2) is 53.4 Å². The highest BCUT2D eigenvalue weighted by Crippen LogP contribution is 2.28. The number of hydrogen-bond acceptors (Lipinski definition) is 4. The van der Waals surface area contributed by atoms with E-state index in [0.717, 1.165) is 31.4 Å². The molecule has 0 unspecified atom stereocenters. The summed E-state index contributed by atoms with van der Waals surface area (Å²) in [6.45, 7) is 1.01. The Hall–Kier alpha value is -2.18. The predicted octanol–water partition coefficient (Wildman–Crippen LogP) is 3.54. The van der Waals surface area contributed by atoms with Crippen LogP contribution in [0.3, 0.4) is 0 Å². The quantitative estimate of drug-likeness (QED) is 0.682. The van der Waals surface area contributed by atoms with Gasteiger partial charge in [-0.3, -0.25) is 4.79 Å². The minimum absolute atomic E-state index is 0.108. The van der Waals surface area contributed by atoms with Crippen molar-refractivity contribution in [1.29, 1.82) is 0 Å². The zero-order valence-corrected chi connectivity index (χ0v) is 16.3. The third kappa shape index (κ3) is 4.57. The number of sulfonamides is 1. The fourth-order valence-corrected chi connectivity index (χ4v) is 5.19. The second-order valence-electron chi connectivity index (χ2n) is 6.89. The molecule has 0 bridgehead atoms. The lowest BCUT2D eigenvalue weighted by molar-refractivity contribution is 0.112.